The number of hydrogen-bond donors (Lipinski definition) is 1. The number of nitrogens with zero attached hydrogens (tertiary/aromatic N) is 3. The van der Waals surface area contributed by atoms with Crippen LogP contribution in [0.1, 0.15) is 111 Å². The van der Waals surface area contributed by atoms with Gasteiger partial charge in [-0.3, -0.25) is 0 Å². The lowest BCUT2D eigenvalue weighted by Crippen LogP contribution is -2.04. The average molecular weight is 608 g/mol. The Labute approximate surface area is 271 Å². The molecule has 5 heteroatoms. The zero-order chi connectivity index (χ0) is 32.3. The van der Waals surface area contributed by atoms with Crippen molar-refractivity contribution >= 4 is 0 Å². The molecule has 45 heavy (non-hydrogen) atoms. The van der Waals surface area contributed by atoms with Crippen LogP contribution in [0.3, 0.4) is 0 Å². The molecule has 0 aliphatic heterocycles. The number of phenolic OH excluding ortho intramolecular Hbond substituents is 1. The van der Waals surface area contributed by atoms with E-state index in [2.05, 4.69) is 72.7 Å². The highest BCUT2D eigenvalue weighted by molar-refractivity contribution is 5.73. The van der Waals surface area contributed by atoms with Crippen molar-refractivity contribution in [3.05, 3.63) is 75.8 Å². The molecule has 4 rings (SSSR count). The molecule has 0 unspecified atom stereocenters. The Bertz CT molecular complexity index is 1500. The van der Waals surface area contributed by atoms with Gasteiger partial charge in [0.1, 0.15) is 11.5 Å². The SMILES string of the molecule is CCCCCCCCCCCCCOc1ccc(-c2nc(-c3ccc(C)c(C)c3C)nc(-c3ccc(C)c(C)c3C)n2)c(O)c1. The largest absolute Gasteiger partial charge is 0.507 e. The number of aromatic hydroxyl groups is 1. The third-order valence-corrected chi connectivity index (χ3v) is 9.46. The van der Waals surface area contributed by atoms with Crippen molar-refractivity contribution in [2.75, 3.05) is 6.61 Å². The van der Waals surface area contributed by atoms with Crippen molar-refractivity contribution in [2.45, 2.75) is 119 Å². The summed E-state index contributed by atoms with van der Waals surface area (Å²) in [7, 11) is 0. The number of benzene rings is 3. The first-order valence-electron chi connectivity index (χ1n) is 17.1. The molecule has 0 bridgehead atoms. The Morgan fingerprint density at radius 3 is 1.40 bits per heavy atom. The first-order chi connectivity index (χ1) is 21.7. The van der Waals surface area contributed by atoms with E-state index < -0.39 is 0 Å². The van der Waals surface area contributed by atoms with Crippen molar-refractivity contribution in [1.29, 1.82) is 0 Å². The summed E-state index contributed by atoms with van der Waals surface area (Å²) in [6.07, 6.45) is 14.3. The number of rotatable bonds is 16. The number of hydrogen-bond acceptors (Lipinski definition) is 5. The molecule has 5 nitrogen and oxygen atoms in total. The second-order valence-corrected chi connectivity index (χ2v) is 12.7. The first kappa shape index (κ1) is 34.1. The van der Waals surface area contributed by atoms with Gasteiger partial charge in [-0.25, -0.2) is 15.0 Å². The molecule has 1 aromatic heterocycles. The minimum atomic E-state index is 0.100. The quantitative estimate of drug-likeness (QED) is 0.128. The molecular weight excluding hydrogens is 554 g/mol. The van der Waals surface area contributed by atoms with Crippen LogP contribution in [-0.2, 0) is 0 Å². The van der Waals surface area contributed by atoms with Crippen LogP contribution in [-0.4, -0.2) is 26.7 Å². The Kier molecular flexibility index (Phi) is 12.6. The highest BCUT2D eigenvalue weighted by Crippen LogP contribution is 2.35. The van der Waals surface area contributed by atoms with E-state index in [0.29, 0.717) is 35.4 Å². The Morgan fingerprint density at radius 2 is 0.933 bits per heavy atom. The van der Waals surface area contributed by atoms with Crippen molar-refractivity contribution in [1.82, 2.24) is 15.0 Å². The summed E-state index contributed by atoms with van der Waals surface area (Å²) < 4.78 is 6.01. The fourth-order valence-corrected chi connectivity index (χ4v) is 5.88. The summed E-state index contributed by atoms with van der Waals surface area (Å²) in [6.45, 7) is 15.6. The van der Waals surface area contributed by atoms with E-state index in [9.17, 15) is 5.11 Å². The van der Waals surface area contributed by atoms with Crippen molar-refractivity contribution in [3.63, 3.8) is 0 Å². The molecular formula is C40H53N3O2. The second-order valence-electron chi connectivity index (χ2n) is 12.7. The van der Waals surface area contributed by atoms with E-state index >= 15 is 0 Å². The maximum atomic E-state index is 11.1. The maximum absolute atomic E-state index is 11.1. The smallest absolute Gasteiger partial charge is 0.167 e. The molecule has 0 aliphatic rings. The Hall–Kier alpha value is -3.73. The van der Waals surface area contributed by atoms with E-state index in [-0.39, 0.29) is 5.75 Å². The van der Waals surface area contributed by atoms with Crippen LogP contribution < -0.4 is 4.74 Å². The maximum Gasteiger partial charge on any atom is 0.167 e. The molecule has 1 heterocycles. The predicted octanol–water partition coefficient (Wildman–Crippen LogP) is 11.1. The van der Waals surface area contributed by atoms with Crippen LogP contribution in [0.5, 0.6) is 11.5 Å². The second kappa shape index (κ2) is 16.5. The summed E-state index contributed by atoms with van der Waals surface area (Å²) in [5, 5.41) is 11.1. The number of phenols is 1. The van der Waals surface area contributed by atoms with Crippen molar-refractivity contribution in [2.24, 2.45) is 0 Å². The van der Waals surface area contributed by atoms with E-state index in [0.717, 1.165) is 28.7 Å². The summed E-state index contributed by atoms with van der Waals surface area (Å²) in [5.74, 6) is 2.41. The van der Waals surface area contributed by atoms with Gasteiger partial charge in [-0.1, -0.05) is 95.4 Å². The lowest BCUT2D eigenvalue weighted by Gasteiger charge is -2.15. The average Bonchev–Trinajstić information content (AvgIpc) is 3.03. The van der Waals surface area contributed by atoms with Gasteiger partial charge in [-0.05, 0) is 93.5 Å². The van der Waals surface area contributed by atoms with Crippen LogP contribution in [0.2, 0.25) is 0 Å². The molecule has 0 radical (unpaired) electrons. The molecule has 0 atom stereocenters. The van der Waals surface area contributed by atoms with Gasteiger partial charge < -0.3 is 9.84 Å². The van der Waals surface area contributed by atoms with Crippen molar-refractivity contribution in [3.8, 4) is 45.7 Å². The third-order valence-electron chi connectivity index (χ3n) is 9.46. The first-order valence-corrected chi connectivity index (χ1v) is 17.1. The molecule has 0 saturated heterocycles. The molecule has 3 aromatic carbocycles. The fraction of sp³-hybridized carbons (Fsp3) is 0.475. The zero-order valence-electron chi connectivity index (χ0n) is 28.7. The van der Waals surface area contributed by atoms with Crippen LogP contribution in [0.25, 0.3) is 34.2 Å². The third kappa shape index (κ3) is 8.93. The van der Waals surface area contributed by atoms with Gasteiger partial charge in [0.05, 0.1) is 12.2 Å². The molecule has 4 aromatic rings. The van der Waals surface area contributed by atoms with Crippen LogP contribution in [0.15, 0.2) is 42.5 Å². The molecule has 1 N–H and O–H groups in total. The lowest BCUT2D eigenvalue weighted by molar-refractivity contribution is 0.302. The summed E-state index contributed by atoms with van der Waals surface area (Å²) in [6, 6.07) is 13.8. The molecule has 0 spiro atoms. The monoisotopic (exact) mass is 607 g/mol. The van der Waals surface area contributed by atoms with Crippen LogP contribution >= 0.6 is 0 Å². The minimum absolute atomic E-state index is 0.100. The molecule has 240 valence electrons. The highest BCUT2D eigenvalue weighted by atomic mass is 16.5. The zero-order valence-corrected chi connectivity index (χ0v) is 28.7. The van der Waals surface area contributed by atoms with Gasteiger partial charge in [-0.2, -0.15) is 0 Å². The standard InChI is InChI=1S/C40H53N3O2/c1-8-9-10-11-12-13-14-15-16-17-18-25-45-33-21-24-36(37(44)26-33)40-42-38(34-22-19-27(2)29(4)31(34)6)41-39(43-40)35-23-20-28(3)30(5)32(35)7/h19-24,26,44H,8-18,25H2,1-7H3. The summed E-state index contributed by atoms with van der Waals surface area (Å²) >= 11 is 0. The fourth-order valence-electron chi connectivity index (χ4n) is 5.88. The molecule has 0 saturated carbocycles. The number of ether oxygens (including phenoxy) is 1. The van der Waals surface area contributed by atoms with E-state index in [4.69, 9.17) is 19.7 Å². The summed E-state index contributed by atoms with van der Waals surface area (Å²) in [5.41, 5.74) is 9.70. The number of unbranched alkanes of at least 4 members (excludes halogenated alkanes) is 10. The number of aryl methyl sites for hydroxylation is 2. The van der Waals surface area contributed by atoms with Gasteiger partial charge in [0.15, 0.2) is 17.5 Å². The van der Waals surface area contributed by atoms with E-state index in [1.165, 1.54) is 86.5 Å². The van der Waals surface area contributed by atoms with Gasteiger partial charge in [0.2, 0.25) is 0 Å². The number of aromatic nitrogens is 3. The van der Waals surface area contributed by atoms with Gasteiger partial charge >= 0.3 is 0 Å². The van der Waals surface area contributed by atoms with Crippen LogP contribution in [0, 0.1) is 41.5 Å². The molecule has 0 amide bonds. The van der Waals surface area contributed by atoms with Gasteiger partial charge in [0, 0.05) is 17.2 Å². The van der Waals surface area contributed by atoms with E-state index in [1.807, 2.05) is 12.1 Å². The topological polar surface area (TPSA) is 68.1 Å². The molecule has 0 aliphatic carbocycles. The van der Waals surface area contributed by atoms with Crippen molar-refractivity contribution < 1.29 is 9.84 Å². The van der Waals surface area contributed by atoms with Gasteiger partial charge in [-0.15, -0.1) is 0 Å². The summed E-state index contributed by atoms with van der Waals surface area (Å²) in [4.78, 5) is 14.8. The Morgan fingerprint density at radius 1 is 0.511 bits per heavy atom. The van der Waals surface area contributed by atoms with Gasteiger partial charge in [0.25, 0.3) is 0 Å². The Balaban J connectivity index is 1.48. The normalized spacial score (nSPS) is 11.3. The lowest BCUT2D eigenvalue weighted by atomic mass is 9.97. The van der Waals surface area contributed by atoms with Crippen LogP contribution in [0.4, 0.5) is 0 Å². The van der Waals surface area contributed by atoms with E-state index in [1.54, 1.807) is 6.07 Å². The molecule has 0 fully saturated rings. The minimum Gasteiger partial charge on any atom is -0.507 e. The highest BCUT2D eigenvalue weighted by Gasteiger charge is 2.19. The predicted molar refractivity (Wildman–Crippen MR) is 188 cm³/mol.